The van der Waals surface area contributed by atoms with E-state index in [1.54, 1.807) is 13.1 Å². The van der Waals surface area contributed by atoms with E-state index in [0.717, 1.165) is 27.1 Å². The van der Waals surface area contributed by atoms with Crippen LogP contribution in [0.2, 0.25) is 0 Å². The number of nitrogens with zero attached hydrogens (tertiary/aromatic N) is 3. The van der Waals surface area contributed by atoms with E-state index < -0.39 is 4.92 Å². The van der Waals surface area contributed by atoms with Crippen LogP contribution in [0.4, 0.5) is 11.5 Å². The van der Waals surface area contributed by atoms with E-state index >= 15 is 0 Å². The highest BCUT2D eigenvalue weighted by Gasteiger charge is 2.16. The molecule has 1 aromatic heterocycles. The van der Waals surface area contributed by atoms with Crippen molar-refractivity contribution in [2.24, 2.45) is 0 Å². The molecule has 0 aliphatic carbocycles. The molecule has 0 aliphatic rings. The van der Waals surface area contributed by atoms with Gasteiger partial charge in [0, 0.05) is 24.7 Å². The molecule has 0 unspecified atom stereocenters. The molecule has 0 radical (unpaired) electrons. The maximum absolute atomic E-state index is 10.9. The van der Waals surface area contributed by atoms with Crippen molar-refractivity contribution in [2.75, 3.05) is 12.4 Å². The molecule has 1 heterocycles. The predicted octanol–water partition coefficient (Wildman–Crippen LogP) is 3.57. The van der Waals surface area contributed by atoms with E-state index in [9.17, 15) is 10.1 Å². The Morgan fingerprint density at radius 2 is 2.10 bits per heavy atom. The fourth-order valence-electron chi connectivity index (χ4n) is 1.98. The first-order chi connectivity index (χ1) is 9.97. The predicted molar refractivity (Wildman–Crippen MR) is 90.5 cm³/mol. The zero-order chi connectivity index (χ0) is 15.6. The smallest absolute Gasteiger partial charge is 0.270 e. The van der Waals surface area contributed by atoms with Gasteiger partial charge in [-0.2, -0.15) is 0 Å². The second kappa shape index (κ2) is 6.33. The largest absolute Gasteiger partial charge is 0.372 e. The number of nitrogens with one attached hydrogen (secondary N) is 1. The topological polar surface area (TPSA) is 81.0 Å². The van der Waals surface area contributed by atoms with Crippen LogP contribution in [-0.4, -0.2) is 21.9 Å². The number of nitro benzene ring substituents is 1. The lowest BCUT2D eigenvalue weighted by Crippen LogP contribution is -2.05. The molecule has 2 aromatic rings. The summed E-state index contributed by atoms with van der Waals surface area (Å²) < 4.78 is 0.976. The van der Waals surface area contributed by atoms with Gasteiger partial charge in [0.15, 0.2) is 5.82 Å². The van der Waals surface area contributed by atoms with Gasteiger partial charge in [0.2, 0.25) is 0 Å². The molecule has 1 aromatic carbocycles. The Hall–Kier alpha value is -1.77. The van der Waals surface area contributed by atoms with Gasteiger partial charge in [-0.05, 0) is 41.5 Å². The number of aromatic nitrogens is 2. The first-order valence-electron chi connectivity index (χ1n) is 6.47. The summed E-state index contributed by atoms with van der Waals surface area (Å²) in [4.78, 5) is 19.6. The van der Waals surface area contributed by atoms with Crippen molar-refractivity contribution in [3.05, 3.63) is 43.1 Å². The summed E-state index contributed by atoms with van der Waals surface area (Å²) in [6.45, 7) is 3.92. The van der Waals surface area contributed by atoms with Gasteiger partial charge in [-0.1, -0.05) is 13.0 Å². The molecular formula is C14H15IN4O2. The van der Waals surface area contributed by atoms with Crippen molar-refractivity contribution < 1.29 is 4.92 Å². The zero-order valence-electron chi connectivity index (χ0n) is 12.0. The molecule has 0 saturated heterocycles. The van der Waals surface area contributed by atoms with Crippen molar-refractivity contribution in [3.8, 4) is 11.4 Å². The van der Waals surface area contributed by atoms with Crippen molar-refractivity contribution in [3.63, 3.8) is 0 Å². The lowest BCUT2D eigenvalue weighted by molar-refractivity contribution is -0.384. The molecule has 0 spiro atoms. The molecule has 110 valence electrons. The van der Waals surface area contributed by atoms with Gasteiger partial charge in [-0.15, -0.1) is 0 Å². The highest BCUT2D eigenvalue weighted by atomic mass is 127. The van der Waals surface area contributed by atoms with Crippen LogP contribution in [0, 0.1) is 20.6 Å². The van der Waals surface area contributed by atoms with Gasteiger partial charge >= 0.3 is 0 Å². The van der Waals surface area contributed by atoms with E-state index in [1.165, 1.54) is 12.1 Å². The maximum Gasteiger partial charge on any atom is 0.270 e. The van der Waals surface area contributed by atoms with Gasteiger partial charge in [-0.3, -0.25) is 10.1 Å². The number of benzene rings is 1. The van der Waals surface area contributed by atoms with Gasteiger partial charge in [0.25, 0.3) is 5.69 Å². The summed E-state index contributed by atoms with van der Waals surface area (Å²) in [5.74, 6) is 1.25. The van der Waals surface area contributed by atoms with Crippen molar-refractivity contribution in [2.45, 2.75) is 20.3 Å². The lowest BCUT2D eigenvalue weighted by Gasteiger charge is -2.11. The van der Waals surface area contributed by atoms with E-state index in [-0.39, 0.29) is 5.69 Å². The molecule has 6 nitrogen and oxygen atoms in total. The normalized spacial score (nSPS) is 10.5. The number of aryl methyl sites for hydroxylation is 2. The van der Waals surface area contributed by atoms with Crippen LogP contribution in [0.25, 0.3) is 11.4 Å². The van der Waals surface area contributed by atoms with Crippen molar-refractivity contribution in [1.82, 2.24) is 9.97 Å². The van der Waals surface area contributed by atoms with Crippen LogP contribution in [0.3, 0.4) is 0 Å². The standard InChI is InChI=1S/C14H15IN4O2/c1-4-11-12(15)14(16-3)18-13(17-11)10-7-9(19(20)21)6-5-8(10)2/h5-7H,4H2,1-3H3,(H,16,17,18). The molecule has 1 N–H and O–H groups in total. The van der Waals surface area contributed by atoms with Crippen LogP contribution in [0.5, 0.6) is 0 Å². The van der Waals surface area contributed by atoms with E-state index in [4.69, 9.17) is 0 Å². The maximum atomic E-state index is 10.9. The molecule has 0 aliphatic heterocycles. The molecule has 0 bridgehead atoms. The molecule has 2 rings (SSSR count). The quantitative estimate of drug-likeness (QED) is 0.484. The monoisotopic (exact) mass is 398 g/mol. The molecule has 0 fully saturated rings. The van der Waals surface area contributed by atoms with E-state index in [2.05, 4.69) is 37.9 Å². The summed E-state index contributed by atoms with van der Waals surface area (Å²) in [6, 6.07) is 4.74. The number of hydrogen-bond donors (Lipinski definition) is 1. The molecule has 21 heavy (non-hydrogen) atoms. The van der Waals surface area contributed by atoms with Crippen LogP contribution in [0.1, 0.15) is 18.2 Å². The van der Waals surface area contributed by atoms with Crippen LogP contribution in [0.15, 0.2) is 18.2 Å². The Balaban J connectivity index is 2.66. The molecule has 0 atom stereocenters. The van der Waals surface area contributed by atoms with Crippen LogP contribution >= 0.6 is 22.6 Å². The summed E-state index contributed by atoms with van der Waals surface area (Å²) >= 11 is 2.21. The third-order valence-electron chi connectivity index (χ3n) is 3.16. The summed E-state index contributed by atoms with van der Waals surface area (Å²) in [6.07, 6.45) is 0.774. The Morgan fingerprint density at radius 1 is 1.38 bits per heavy atom. The lowest BCUT2D eigenvalue weighted by atomic mass is 10.1. The average molecular weight is 398 g/mol. The minimum atomic E-state index is -0.407. The Morgan fingerprint density at radius 3 is 2.67 bits per heavy atom. The highest BCUT2D eigenvalue weighted by molar-refractivity contribution is 14.1. The fraction of sp³-hybridized carbons (Fsp3) is 0.286. The SMILES string of the molecule is CCc1nc(-c2cc([N+](=O)[O-])ccc2C)nc(NC)c1I. The first kappa shape index (κ1) is 15.6. The fourth-order valence-corrected chi connectivity index (χ4v) is 2.87. The number of halogens is 1. The molecular weight excluding hydrogens is 383 g/mol. The highest BCUT2D eigenvalue weighted by Crippen LogP contribution is 2.28. The van der Waals surface area contributed by atoms with E-state index in [1.807, 2.05) is 13.8 Å². The summed E-state index contributed by atoms with van der Waals surface area (Å²) in [7, 11) is 1.80. The number of non-ortho nitro benzene ring substituents is 1. The van der Waals surface area contributed by atoms with Gasteiger partial charge in [0.05, 0.1) is 14.2 Å². The van der Waals surface area contributed by atoms with Gasteiger partial charge in [-0.25, -0.2) is 9.97 Å². The number of hydrogen-bond acceptors (Lipinski definition) is 5. The Bertz CT molecular complexity index is 678. The van der Waals surface area contributed by atoms with E-state index in [0.29, 0.717) is 11.4 Å². The second-order valence-electron chi connectivity index (χ2n) is 4.52. The summed E-state index contributed by atoms with van der Waals surface area (Å²) in [5.41, 5.74) is 2.57. The first-order valence-corrected chi connectivity index (χ1v) is 7.55. The molecule has 0 amide bonds. The summed E-state index contributed by atoms with van der Waals surface area (Å²) in [5, 5.41) is 14.0. The van der Waals surface area contributed by atoms with Gasteiger partial charge < -0.3 is 5.32 Å². The van der Waals surface area contributed by atoms with Gasteiger partial charge in [0.1, 0.15) is 5.82 Å². The molecule has 7 heteroatoms. The average Bonchev–Trinajstić information content (AvgIpc) is 2.48. The Labute approximate surface area is 136 Å². The third-order valence-corrected chi connectivity index (χ3v) is 4.30. The van der Waals surface area contributed by atoms with Crippen molar-refractivity contribution >= 4 is 34.1 Å². The number of nitro groups is 1. The minimum absolute atomic E-state index is 0.0433. The Kier molecular flexibility index (Phi) is 4.71. The van der Waals surface area contributed by atoms with Crippen molar-refractivity contribution in [1.29, 1.82) is 0 Å². The van der Waals surface area contributed by atoms with Crippen LogP contribution < -0.4 is 5.32 Å². The molecule has 0 saturated carbocycles. The second-order valence-corrected chi connectivity index (χ2v) is 5.60. The number of rotatable bonds is 4. The van der Waals surface area contributed by atoms with Crippen LogP contribution in [-0.2, 0) is 6.42 Å². The number of anilines is 1. The zero-order valence-corrected chi connectivity index (χ0v) is 14.1. The third kappa shape index (κ3) is 3.12. The minimum Gasteiger partial charge on any atom is -0.372 e.